The second-order valence-corrected chi connectivity index (χ2v) is 7.53. The van der Waals surface area contributed by atoms with Gasteiger partial charge in [0.1, 0.15) is 0 Å². The third kappa shape index (κ3) is 4.23. The minimum atomic E-state index is 0.0845. The maximum atomic E-state index is 12.6. The first-order chi connectivity index (χ1) is 13.7. The Kier molecular flexibility index (Phi) is 5.68. The van der Waals surface area contributed by atoms with E-state index in [1.165, 1.54) is 0 Å². The van der Waals surface area contributed by atoms with Gasteiger partial charge in [0.15, 0.2) is 0 Å². The molecule has 142 valence electrons. The zero-order valence-electron chi connectivity index (χ0n) is 15.6. The molecule has 0 aliphatic carbocycles. The lowest BCUT2D eigenvalue weighted by atomic mass is 9.92. The fourth-order valence-corrected chi connectivity index (χ4v) is 3.92. The number of carbonyl (C=O) groups excluding carboxylic acids is 1. The summed E-state index contributed by atoms with van der Waals surface area (Å²) >= 11 is 6.29. The summed E-state index contributed by atoms with van der Waals surface area (Å²) < 4.78 is 0. The average molecular weight is 392 g/mol. The van der Waals surface area contributed by atoms with Crippen molar-refractivity contribution in [2.45, 2.75) is 25.2 Å². The molecule has 1 aromatic carbocycles. The lowest BCUT2D eigenvalue weighted by Crippen LogP contribution is -2.38. The van der Waals surface area contributed by atoms with Crippen molar-refractivity contribution in [1.29, 1.82) is 0 Å². The average Bonchev–Trinajstić information content (AvgIpc) is 2.76. The van der Waals surface area contributed by atoms with Gasteiger partial charge in [0.2, 0.25) is 0 Å². The van der Waals surface area contributed by atoms with Gasteiger partial charge in [0.25, 0.3) is 5.91 Å². The molecule has 1 aliphatic rings. The van der Waals surface area contributed by atoms with Crippen LogP contribution in [0.3, 0.4) is 0 Å². The molecule has 3 heterocycles. The number of piperidine rings is 1. The number of benzene rings is 1. The molecule has 2 aromatic heterocycles. The highest BCUT2D eigenvalue weighted by molar-refractivity contribution is 6.31. The molecule has 0 N–H and O–H groups in total. The molecule has 1 aliphatic heterocycles. The molecule has 28 heavy (non-hydrogen) atoms. The molecular formula is C23H22ClN3O. The highest BCUT2D eigenvalue weighted by Crippen LogP contribution is 2.28. The van der Waals surface area contributed by atoms with Crippen LogP contribution in [0, 0.1) is 0 Å². The SMILES string of the molecule is O=C(c1ccncc1)N1CCC(c2cccc(Cc3ccccc3Cl)n2)CC1. The number of rotatable bonds is 4. The number of hydrogen-bond acceptors (Lipinski definition) is 3. The van der Waals surface area contributed by atoms with Gasteiger partial charge < -0.3 is 4.90 Å². The molecule has 0 unspecified atom stereocenters. The normalized spacial score (nSPS) is 14.8. The standard InChI is InChI=1S/C23H22ClN3O/c24-21-6-2-1-4-19(21)16-20-5-3-7-22(26-20)17-10-14-27(15-11-17)23(28)18-8-12-25-13-9-18/h1-9,12-13,17H,10-11,14-16H2. The first-order valence-electron chi connectivity index (χ1n) is 9.59. The van der Waals surface area contributed by atoms with Gasteiger partial charge in [0, 0.05) is 59.8 Å². The molecule has 0 radical (unpaired) electrons. The molecule has 1 amide bonds. The Hall–Kier alpha value is -2.72. The maximum absolute atomic E-state index is 12.6. The van der Waals surface area contributed by atoms with E-state index in [9.17, 15) is 4.79 Å². The van der Waals surface area contributed by atoms with Crippen molar-refractivity contribution in [2.24, 2.45) is 0 Å². The molecule has 0 bridgehead atoms. The Morgan fingerprint density at radius 2 is 1.75 bits per heavy atom. The monoisotopic (exact) mass is 391 g/mol. The third-order valence-electron chi connectivity index (χ3n) is 5.29. The predicted molar refractivity (Wildman–Crippen MR) is 111 cm³/mol. The fraction of sp³-hybridized carbons (Fsp3) is 0.261. The first kappa shape index (κ1) is 18.6. The second-order valence-electron chi connectivity index (χ2n) is 7.12. The van der Waals surface area contributed by atoms with E-state index in [4.69, 9.17) is 16.6 Å². The Morgan fingerprint density at radius 3 is 2.50 bits per heavy atom. The molecule has 1 fully saturated rings. The number of halogens is 1. The van der Waals surface area contributed by atoms with Crippen LogP contribution in [-0.2, 0) is 6.42 Å². The minimum absolute atomic E-state index is 0.0845. The maximum Gasteiger partial charge on any atom is 0.253 e. The van der Waals surface area contributed by atoms with E-state index in [1.54, 1.807) is 24.5 Å². The predicted octanol–water partition coefficient (Wildman–Crippen LogP) is 4.74. The number of pyridine rings is 2. The topological polar surface area (TPSA) is 46.1 Å². The van der Waals surface area contributed by atoms with Crippen molar-refractivity contribution >= 4 is 17.5 Å². The zero-order valence-corrected chi connectivity index (χ0v) is 16.3. The molecule has 3 aromatic rings. The molecule has 0 atom stereocenters. The number of nitrogens with zero attached hydrogens (tertiary/aromatic N) is 3. The van der Waals surface area contributed by atoms with Crippen LogP contribution < -0.4 is 0 Å². The molecule has 4 rings (SSSR count). The smallest absolute Gasteiger partial charge is 0.253 e. The first-order valence-corrected chi connectivity index (χ1v) is 9.97. The Bertz CT molecular complexity index is 953. The van der Waals surface area contributed by atoms with Crippen LogP contribution in [0.4, 0.5) is 0 Å². The van der Waals surface area contributed by atoms with Gasteiger partial charge in [-0.1, -0.05) is 35.9 Å². The van der Waals surface area contributed by atoms with Gasteiger partial charge in [-0.2, -0.15) is 0 Å². The molecule has 1 saturated heterocycles. The number of likely N-dealkylation sites (tertiary alicyclic amines) is 1. The highest BCUT2D eigenvalue weighted by atomic mass is 35.5. The molecule has 5 heteroatoms. The van der Waals surface area contributed by atoms with E-state index in [0.29, 0.717) is 11.5 Å². The summed E-state index contributed by atoms with van der Waals surface area (Å²) in [6, 6.07) is 17.7. The van der Waals surface area contributed by atoms with Gasteiger partial charge in [-0.05, 0) is 48.7 Å². The van der Waals surface area contributed by atoms with Gasteiger partial charge in [-0.15, -0.1) is 0 Å². The second kappa shape index (κ2) is 8.53. The van der Waals surface area contributed by atoms with Crippen molar-refractivity contribution in [3.8, 4) is 0 Å². The van der Waals surface area contributed by atoms with Crippen LogP contribution in [0.1, 0.15) is 46.1 Å². The van der Waals surface area contributed by atoms with Crippen LogP contribution in [0.25, 0.3) is 0 Å². The van der Waals surface area contributed by atoms with Gasteiger partial charge in [-0.3, -0.25) is 14.8 Å². The Morgan fingerprint density at radius 1 is 1.00 bits per heavy atom. The summed E-state index contributed by atoms with van der Waals surface area (Å²) in [5.41, 5.74) is 3.93. The largest absolute Gasteiger partial charge is 0.339 e. The van der Waals surface area contributed by atoms with E-state index in [0.717, 1.165) is 54.3 Å². The fourth-order valence-electron chi connectivity index (χ4n) is 3.72. The van der Waals surface area contributed by atoms with Crippen molar-refractivity contribution in [3.05, 3.63) is 94.5 Å². The van der Waals surface area contributed by atoms with E-state index in [1.807, 2.05) is 29.2 Å². The Balaban J connectivity index is 1.41. The lowest BCUT2D eigenvalue weighted by molar-refractivity contribution is 0.0712. The lowest BCUT2D eigenvalue weighted by Gasteiger charge is -2.32. The number of hydrogen-bond donors (Lipinski definition) is 0. The Labute approximate surface area is 170 Å². The van der Waals surface area contributed by atoms with Crippen LogP contribution in [-0.4, -0.2) is 33.9 Å². The summed E-state index contributed by atoms with van der Waals surface area (Å²) in [6.45, 7) is 1.50. The van der Waals surface area contributed by atoms with Gasteiger partial charge in [0.05, 0.1) is 0 Å². The van der Waals surface area contributed by atoms with Gasteiger partial charge >= 0.3 is 0 Å². The van der Waals surface area contributed by atoms with E-state index in [2.05, 4.69) is 23.2 Å². The zero-order chi connectivity index (χ0) is 19.3. The van der Waals surface area contributed by atoms with Crippen LogP contribution in [0.5, 0.6) is 0 Å². The summed E-state index contributed by atoms with van der Waals surface area (Å²) in [7, 11) is 0. The minimum Gasteiger partial charge on any atom is -0.339 e. The van der Waals surface area contributed by atoms with Crippen LogP contribution in [0.2, 0.25) is 5.02 Å². The number of amides is 1. The van der Waals surface area contributed by atoms with Crippen molar-refractivity contribution in [2.75, 3.05) is 13.1 Å². The summed E-state index contributed by atoms with van der Waals surface area (Å²) in [5, 5.41) is 0.776. The van der Waals surface area contributed by atoms with E-state index in [-0.39, 0.29) is 5.91 Å². The summed E-state index contributed by atoms with van der Waals surface area (Å²) in [6.07, 6.45) is 5.91. The van der Waals surface area contributed by atoms with E-state index < -0.39 is 0 Å². The molecule has 0 saturated carbocycles. The van der Waals surface area contributed by atoms with Crippen molar-refractivity contribution in [3.63, 3.8) is 0 Å². The quantitative estimate of drug-likeness (QED) is 0.645. The van der Waals surface area contributed by atoms with Crippen molar-refractivity contribution < 1.29 is 4.79 Å². The van der Waals surface area contributed by atoms with Crippen molar-refractivity contribution in [1.82, 2.24) is 14.9 Å². The summed E-state index contributed by atoms with van der Waals surface area (Å²) in [5.74, 6) is 0.467. The molecule has 4 nitrogen and oxygen atoms in total. The summed E-state index contributed by atoms with van der Waals surface area (Å²) in [4.78, 5) is 23.4. The number of aromatic nitrogens is 2. The van der Waals surface area contributed by atoms with Gasteiger partial charge in [-0.25, -0.2) is 0 Å². The molecule has 0 spiro atoms. The molecular weight excluding hydrogens is 370 g/mol. The van der Waals surface area contributed by atoms with Crippen LogP contribution >= 0.6 is 11.6 Å². The third-order valence-corrected chi connectivity index (χ3v) is 5.65. The van der Waals surface area contributed by atoms with E-state index >= 15 is 0 Å². The number of carbonyl (C=O) groups is 1. The van der Waals surface area contributed by atoms with Crippen LogP contribution in [0.15, 0.2) is 67.0 Å². The highest BCUT2D eigenvalue weighted by Gasteiger charge is 2.25.